The van der Waals surface area contributed by atoms with E-state index >= 15 is 4.39 Å². The van der Waals surface area contributed by atoms with E-state index in [4.69, 9.17) is 4.74 Å². The van der Waals surface area contributed by atoms with Crippen LogP contribution in [0.1, 0.15) is 28.9 Å². The number of aromatic nitrogens is 1. The summed E-state index contributed by atoms with van der Waals surface area (Å²) in [5.41, 5.74) is 7.49. The predicted molar refractivity (Wildman–Crippen MR) is 130 cm³/mol. The summed E-state index contributed by atoms with van der Waals surface area (Å²) in [4.78, 5) is 30.4. The zero-order valence-electron chi connectivity index (χ0n) is 19.5. The maximum atomic E-state index is 15.4. The SMILES string of the molecule is Cc1cccc(NNC(=O)c2cn3c4c(c(N5CCN(C)CC5)c(F)cc4c2=O)OCC3C)c1. The molecule has 1 aromatic heterocycles. The molecule has 0 saturated carbocycles. The van der Waals surface area contributed by atoms with Crippen LogP contribution in [0.3, 0.4) is 0 Å². The average molecular weight is 466 g/mol. The van der Waals surface area contributed by atoms with Crippen molar-refractivity contribution >= 4 is 28.2 Å². The molecule has 178 valence electrons. The second-order valence-electron chi connectivity index (χ2n) is 9.11. The number of ether oxygens (including phenoxy) is 1. The molecule has 9 heteroatoms. The van der Waals surface area contributed by atoms with Crippen LogP contribution in [0.2, 0.25) is 0 Å². The molecule has 0 spiro atoms. The summed E-state index contributed by atoms with van der Waals surface area (Å²) < 4.78 is 23.3. The van der Waals surface area contributed by atoms with Crippen molar-refractivity contribution < 1.29 is 13.9 Å². The predicted octanol–water partition coefficient (Wildman–Crippen LogP) is 2.91. The number of amides is 1. The van der Waals surface area contributed by atoms with Crippen molar-refractivity contribution in [2.45, 2.75) is 19.9 Å². The Morgan fingerprint density at radius 2 is 1.94 bits per heavy atom. The van der Waals surface area contributed by atoms with Crippen molar-refractivity contribution in [2.75, 3.05) is 50.2 Å². The molecule has 34 heavy (non-hydrogen) atoms. The Kier molecular flexibility index (Phi) is 5.65. The molecule has 2 aliphatic rings. The second kappa shape index (κ2) is 8.64. The number of carbonyl (C=O) groups is 1. The third kappa shape index (κ3) is 3.86. The highest BCUT2D eigenvalue weighted by Crippen LogP contribution is 2.42. The molecule has 0 bridgehead atoms. The van der Waals surface area contributed by atoms with Crippen molar-refractivity contribution in [3.63, 3.8) is 0 Å². The van der Waals surface area contributed by atoms with Gasteiger partial charge in [-0.15, -0.1) is 0 Å². The number of rotatable bonds is 4. The summed E-state index contributed by atoms with van der Waals surface area (Å²) in [5, 5.41) is 0.139. The summed E-state index contributed by atoms with van der Waals surface area (Å²) in [6.45, 7) is 7.16. The van der Waals surface area contributed by atoms with Gasteiger partial charge in [0.1, 0.15) is 17.9 Å². The number of aryl methyl sites for hydroxylation is 1. The van der Waals surface area contributed by atoms with Crippen LogP contribution in [0.5, 0.6) is 5.75 Å². The number of halogens is 1. The molecule has 3 heterocycles. The van der Waals surface area contributed by atoms with Gasteiger partial charge in [0.2, 0.25) is 5.43 Å². The molecule has 1 saturated heterocycles. The van der Waals surface area contributed by atoms with Gasteiger partial charge in [-0.25, -0.2) is 4.39 Å². The van der Waals surface area contributed by atoms with Gasteiger partial charge in [0.25, 0.3) is 5.91 Å². The van der Waals surface area contributed by atoms with Crippen LogP contribution in [0.15, 0.2) is 41.3 Å². The number of hydrogen-bond acceptors (Lipinski definition) is 6. The maximum absolute atomic E-state index is 15.4. The third-order valence-electron chi connectivity index (χ3n) is 6.54. The molecular formula is C25H28FN5O3. The molecule has 1 unspecified atom stereocenters. The monoisotopic (exact) mass is 465 g/mol. The number of carbonyl (C=O) groups excluding carboxylic acids is 1. The summed E-state index contributed by atoms with van der Waals surface area (Å²) in [6.07, 6.45) is 1.56. The summed E-state index contributed by atoms with van der Waals surface area (Å²) in [7, 11) is 2.04. The van der Waals surface area contributed by atoms with Gasteiger partial charge in [0.05, 0.1) is 22.6 Å². The minimum Gasteiger partial charge on any atom is -0.487 e. The highest BCUT2D eigenvalue weighted by atomic mass is 19.1. The van der Waals surface area contributed by atoms with E-state index in [-0.39, 0.29) is 17.0 Å². The van der Waals surface area contributed by atoms with E-state index in [1.54, 1.807) is 6.20 Å². The number of piperazine rings is 1. The van der Waals surface area contributed by atoms with Crippen molar-refractivity contribution in [3.8, 4) is 5.75 Å². The maximum Gasteiger partial charge on any atom is 0.275 e. The lowest BCUT2D eigenvalue weighted by Gasteiger charge is -2.37. The standard InChI is InChI=1S/C25H28FN5O3/c1-15-5-4-6-17(11-15)27-28-25(33)19-13-31-16(2)14-34-24-21(31)18(23(19)32)12-20(26)22(24)30-9-7-29(3)8-10-30/h4-6,11-13,16,27H,7-10,14H2,1-3H3,(H,28,33). The number of anilines is 2. The molecule has 2 aliphatic heterocycles. The zero-order valence-corrected chi connectivity index (χ0v) is 19.5. The van der Waals surface area contributed by atoms with E-state index in [2.05, 4.69) is 15.8 Å². The number of hydrogen-bond donors (Lipinski definition) is 2. The summed E-state index contributed by atoms with van der Waals surface area (Å²) in [5.74, 6) is -0.721. The first-order chi connectivity index (χ1) is 16.3. The van der Waals surface area contributed by atoms with Crippen LogP contribution in [0.4, 0.5) is 15.8 Å². The van der Waals surface area contributed by atoms with Gasteiger partial charge in [-0.05, 0) is 44.7 Å². The van der Waals surface area contributed by atoms with E-state index in [0.29, 0.717) is 42.3 Å². The Balaban J connectivity index is 1.56. The molecule has 3 aromatic rings. The number of likely N-dealkylation sites (N-methyl/N-ethyl adjacent to an activating group) is 1. The van der Waals surface area contributed by atoms with Crippen LogP contribution in [-0.4, -0.2) is 55.2 Å². The zero-order chi connectivity index (χ0) is 24.0. The first kappa shape index (κ1) is 22.2. The number of pyridine rings is 1. The van der Waals surface area contributed by atoms with Crippen molar-refractivity contribution in [2.24, 2.45) is 0 Å². The smallest absolute Gasteiger partial charge is 0.275 e. The van der Waals surface area contributed by atoms with Gasteiger partial charge in [-0.3, -0.25) is 20.4 Å². The quantitative estimate of drug-likeness (QED) is 0.577. The Bertz CT molecular complexity index is 1330. The van der Waals surface area contributed by atoms with E-state index in [1.165, 1.54) is 6.07 Å². The molecule has 0 aliphatic carbocycles. The Labute approximate surface area is 196 Å². The highest BCUT2D eigenvalue weighted by Gasteiger charge is 2.31. The molecular weight excluding hydrogens is 437 g/mol. The average Bonchev–Trinajstić information content (AvgIpc) is 2.82. The van der Waals surface area contributed by atoms with Gasteiger partial charge in [-0.1, -0.05) is 12.1 Å². The van der Waals surface area contributed by atoms with Crippen LogP contribution >= 0.6 is 0 Å². The Hall–Kier alpha value is -3.59. The van der Waals surface area contributed by atoms with E-state index in [1.807, 2.05) is 54.6 Å². The van der Waals surface area contributed by atoms with Gasteiger partial charge >= 0.3 is 0 Å². The first-order valence-corrected chi connectivity index (χ1v) is 11.4. The van der Waals surface area contributed by atoms with E-state index in [0.717, 1.165) is 18.7 Å². The Morgan fingerprint density at radius 3 is 2.68 bits per heavy atom. The van der Waals surface area contributed by atoms with Gasteiger partial charge in [0, 0.05) is 32.4 Å². The number of benzene rings is 2. The lowest BCUT2D eigenvalue weighted by Crippen LogP contribution is -2.45. The molecule has 2 N–H and O–H groups in total. The minimum absolute atomic E-state index is 0.0564. The van der Waals surface area contributed by atoms with Crippen LogP contribution in [0.25, 0.3) is 10.9 Å². The fourth-order valence-electron chi connectivity index (χ4n) is 4.62. The highest BCUT2D eigenvalue weighted by molar-refractivity contribution is 6.00. The largest absolute Gasteiger partial charge is 0.487 e. The van der Waals surface area contributed by atoms with Crippen LogP contribution < -0.4 is 25.9 Å². The fourth-order valence-corrected chi connectivity index (χ4v) is 4.62. The van der Waals surface area contributed by atoms with Gasteiger partial charge in [-0.2, -0.15) is 0 Å². The number of nitrogens with zero attached hydrogens (tertiary/aromatic N) is 3. The topological polar surface area (TPSA) is 78.8 Å². The summed E-state index contributed by atoms with van der Waals surface area (Å²) >= 11 is 0. The lowest BCUT2D eigenvalue weighted by atomic mass is 10.0. The lowest BCUT2D eigenvalue weighted by molar-refractivity contribution is 0.0960. The molecule has 1 fully saturated rings. The molecule has 0 radical (unpaired) electrons. The summed E-state index contributed by atoms with van der Waals surface area (Å²) in [6, 6.07) is 8.61. The molecule has 5 rings (SSSR count). The molecule has 2 aromatic carbocycles. The second-order valence-corrected chi connectivity index (χ2v) is 9.11. The molecule has 1 atom stereocenters. The number of nitrogens with one attached hydrogen (secondary N) is 2. The molecule has 8 nitrogen and oxygen atoms in total. The normalized spacial score (nSPS) is 18.0. The first-order valence-electron chi connectivity index (χ1n) is 11.4. The number of hydrazine groups is 1. The van der Waals surface area contributed by atoms with E-state index in [9.17, 15) is 9.59 Å². The van der Waals surface area contributed by atoms with Gasteiger partial charge in [0.15, 0.2) is 11.6 Å². The van der Waals surface area contributed by atoms with Gasteiger partial charge < -0.3 is 19.1 Å². The van der Waals surface area contributed by atoms with Crippen LogP contribution in [-0.2, 0) is 0 Å². The minimum atomic E-state index is -0.582. The van der Waals surface area contributed by atoms with Crippen LogP contribution in [0, 0.1) is 12.7 Å². The van der Waals surface area contributed by atoms with Crippen molar-refractivity contribution in [1.82, 2.24) is 14.9 Å². The Morgan fingerprint density at radius 1 is 1.18 bits per heavy atom. The third-order valence-corrected chi connectivity index (χ3v) is 6.54. The van der Waals surface area contributed by atoms with Crippen molar-refractivity contribution in [1.29, 1.82) is 0 Å². The van der Waals surface area contributed by atoms with Crippen molar-refractivity contribution in [3.05, 3.63) is 63.7 Å². The molecule has 1 amide bonds. The van der Waals surface area contributed by atoms with E-state index < -0.39 is 17.2 Å². The fraction of sp³-hybridized carbons (Fsp3) is 0.360.